The van der Waals surface area contributed by atoms with Gasteiger partial charge < -0.3 is 9.52 Å². The average Bonchev–Trinajstić information content (AvgIpc) is 3.34. The van der Waals surface area contributed by atoms with Crippen molar-refractivity contribution < 1.29 is 9.52 Å². The Balaban J connectivity index is 1.41. The van der Waals surface area contributed by atoms with Crippen molar-refractivity contribution in [3.05, 3.63) is 112 Å². The molecule has 0 amide bonds. The van der Waals surface area contributed by atoms with Gasteiger partial charge in [0.1, 0.15) is 11.3 Å². The maximum Gasteiger partial charge on any atom is 0.227 e. The Bertz CT molecular complexity index is 1540. The van der Waals surface area contributed by atoms with Gasteiger partial charge in [-0.05, 0) is 93.8 Å². The number of benzene rings is 4. The lowest BCUT2D eigenvalue weighted by Gasteiger charge is -2.08. The predicted octanol–water partition coefficient (Wildman–Crippen LogP) is 8.82. The number of hydrogen-bond acceptors (Lipinski definition) is 4. The number of aliphatic imine (C=N–C) groups is 1. The molecule has 0 spiro atoms. The lowest BCUT2D eigenvalue weighted by Crippen LogP contribution is -1.92. The van der Waals surface area contributed by atoms with Crippen LogP contribution in [0.5, 0.6) is 5.75 Å². The van der Waals surface area contributed by atoms with E-state index < -0.39 is 0 Å². The van der Waals surface area contributed by atoms with Crippen molar-refractivity contribution in [2.24, 2.45) is 4.99 Å². The van der Waals surface area contributed by atoms with Crippen LogP contribution < -0.4 is 0 Å². The Labute approximate surface area is 219 Å². The van der Waals surface area contributed by atoms with Gasteiger partial charge in [0.05, 0.1) is 10.2 Å². The third-order valence-corrected chi connectivity index (χ3v) is 7.05. The topological polar surface area (TPSA) is 58.6 Å². The molecule has 0 saturated heterocycles. The smallest absolute Gasteiger partial charge is 0.227 e. The quantitative estimate of drug-likeness (QED) is 0.210. The van der Waals surface area contributed by atoms with Gasteiger partial charge in [0.25, 0.3) is 0 Å². The number of nitrogens with zero attached hydrogens (tertiary/aromatic N) is 2. The zero-order valence-corrected chi connectivity index (χ0v) is 21.9. The number of halogens is 1. The summed E-state index contributed by atoms with van der Waals surface area (Å²) in [4.78, 5) is 9.37. The summed E-state index contributed by atoms with van der Waals surface area (Å²) < 4.78 is 6.69. The molecule has 1 heterocycles. The molecule has 1 atom stereocenters. The van der Waals surface area contributed by atoms with Crippen molar-refractivity contribution in [3.8, 4) is 17.2 Å². The van der Waals surface area contributed by atoms with Crippen LogP contribution in [0.3, 0.4) is 0 Å². The van der Waals surface area contributed by atoms with Crippen LogP contribution in [-0.2, 0) is 6.42 Å². The van der Waals surface area contributed by atoms with Crippen molar-refractivity contribution in [2.75, 3.05) is 0 Å². The third kappa shape index (κ3) is 5.26. The minimum Gasteiger partial charge on any atom is -0.506 e. The van der Waals surface area contributed by atoms with E-state index in [1.807, 2.05) is 60.7 Å². The number of fused-ring (bicyclic) bond motifs is 1. The molecule has 4 aromatic carbocycles. The molecule has 4 nitrogen and oxygen atoms in total. The van der Waals surface area contributed by atoms with Crippen molar-refractivity contribution in [3.63, 3.8) is 0 Å². The Kier molecular flexibility index (Phi) is 7.01. The van der Waals surface area contributed by atoms with Gasteiger partial charge >= 0.3 is 0 Å². The highest BCUT2D eigenvalue weighted by atomic mass is 79.9. The third-order valence-electron chi connectivity index (χ3n) is 6.44. The highest BCUT2D eigenvalue weighted by Crippen LogP contribution is 2.32. The fourth-order valence-electron chi connectivity index (χ4n) is 4.18. The van der Waals surface area contributed by atoms with E-state index in [0.717, 1.165) is 40.8 Å². The fraction of sp³-hybridized carbons (Fsp3) is 0.161. The first kappa shape index (κ1) is 24.0. The van der Waals surface area contributed by atoms with Crippen LogP contribution in [0.25, 0.3) is 22.6 Å². The number of rotatable bonds is 7. The number of aromatic hydroxyl groups is 1. The minimum absolute atomic E-state index is 0.169. The standard InChI is InChI=1S/C31H27BrN2O2/c1-3-20(2)23-12-13-29-28(18-23)34-31(36-29)24-10-7-11-26(17-24)33-19-25-15-22(16-27(32)30(25)35)14-21-8-5-4-6-9-21/h4-13,15-20,35H,3,14H2,1-2H3/t20-/m0/s1. The second-order valence-corrected chi connectivity index (χ2v) is 9.90. The molecule has 0 bridgehead atoms. The summed E-state index contributed by atoms with van der Waals surface area (Å²) in [5.41, 5.74) is 7.46. The lowest BCUT2D eigenvalue weighted by atomic mass is 9.98. The van der Waals surface area contributed by atoms with E-state index in [9.17, 15) is 5.11 Å². The van der Waals surface area contributed by atoms with E-state index in [-0.39, 0.29) is 5.75 Å². The molecular weight excluding hydrogens is 512 g/mol. The first-order valence-corrected chi connectivity index (χ1v) is 12.9. The van der Waals surface area contributed by atoms with Gasteiger partial charge in [-0.1, -0.05) is 56.3 Å². The summed E-state index contributed by atoms with van der Waals surface area (Å²) in [5.74, 6) is 1.22. The monoisotopic (exact) mass is 538 g/mol. The largest absolute Gasteiger partial charge is 0.506 e. The molecule has 0 aliphatic rings. The number of phenols is 1. The second-order valence-electron chi connectivity index (χ2n) is 9.04. The molecule has 0 aliphatic heterocycles. The molecule has 0 fully saturated rings. The molecule has 0 aliphatic carbocycles. The molecule has 5 rings (SSSR count). The summed E-state index contributed by atoms with van der Waals surface area (Å²) in [6.45, 7) is 4.41. The van der Waals surface area contributed by atoms with Gasteiger partial charge in [0, 0.05) is 17.3 Å². The van der Waals surface area contributed by atoms with E-state index in [0.29, 0.717) is 21.8 Å². The Morgan fingerprint density at radius 3 is 2.61 bits per heavy atom. The summed E-state index contributed by atoms with van der Waals surface area (Å²) in [5, 5.41) is 10.6. The van der Waals surface area contributed by atoms with Gasteiger partial charge in [-0.25, -0.2) is 4.98 Å². The first-order chi connectivity index (χ1) is 17.5. The van der Waals surface area contributed by atoms with Crippen molar-refractivity contribution in [2.45, 2.75) is 32.6 Å². The van der Waals surface area contributed by atoms with Gasteiger partial charge in [0.15, 0.2) is 5.58 Å². The Hall–Kier alpha value is -3.70. The number of aromatic nitrogens is 1. The maximum absolute atomic E-state index is 10.6. The molecule has 180 valence electrons. The Morgan fingerprint density at radius 2 is 1.81 bits per heavy atom. The van der Waals surface area contributed by atoms with E-state index in [4.69, 9.17) is 9.40 Å². The predicted molar refractivity (Wildman–Crippen MR) is 150 cm³/mol. The SMILES string of the molecule is CC[C@H](C)c1ccc2oc(-c3cccc(N=Cc4cc(Cc5ccccc5)cc(Br)c4O)c3)nc2c1. The fourth-order valence-corrected chi connectivity index (χ4v) is 4.71. The van der Waals surface area contributed by atoms with E-state index in [1.165, 1.54) is 11.1 Å². The second kappa shape index (κ2) is 10.5. The average molecular weight is 539 g/mol. The molecule has 5 heteroatoms. The zero-order chi connectivity index (χ0) is 25.1. The molecular formula is C31H27BrN2O2. The molecule has 0 radical (unpaired) electrons. The highest BCUT2D eigenvalue weighted by Gasteiger charge is 2.12. The van der Waals surface area contributed by atoms with E-state index in [2.05, 4.69) is 59.0 Å². The summed E-state index contributed by atoms with van der Waals surface area (Å²) in [6.07, 6.45) is 3.54. The molecule has 5 aromatic rings. The number of oxazole rings is 1. The number of hydrogen-bond donors (Lipinski definition) is 1. The lowest BCUT2D eigenvalue weighted by molar-refractivity contribution is 0.471. The molecule has 0 saturated carbocycles. The van der Waals surface area contributed by atoms with Crippen molar-refractivity contribution >= 4 is 38.9 Å². The van der Waals surface area contributed by atoms with Crippen LogP contribution in [0.15, 0.2) is 98.8 Å². The molecule has 0 unspecified atom stereocenters. The van der Waals surface area contributed by atoms with Gasteiger partial charge in [-0.2, -0.15) is 0 Å². The summed E-state index contributed by atoms with van der Waals surface area (Å²) in [7, 11) is 0. The number of phenolic OH excluding ortho intramolecular Hbond substituents is 1. The molecule has 1 N–H and O–H groups in total. The van der Waals surface area contributed by atoms with Gasteiger partial charge in [-0.15, -0.1) is 0 Å². The van der Waals surface area contributed by atoms with E-state index >= 15 is 0 Å². The van der Waals surface area contributed by atoms with Crippen LogP contribution in [0.4, 0.5) is 5.69 Å². The first-order valence-electron chi connectivity index (χ1n) is 12.1. The van der Waals surface area contributed by atoms with Crippen LogP contribution in [0, 0.1) is 0 Å². The van der Waals surface area contributed by atoms with Gasteiger partial charge in [0.2, 0.25) is 5.89 Å². The van der Waals surface area contributed by atoms with Gasteiger partial charge in [-0.3, -0.25) is 4.99 Å². The summed E-state index contributed by atoms with van der Waals surface area (Å²) in [6, 6.07) is 28.2. The zero-order valence-electron chi connectivity index (χ0n) is 20.3. The Morgan fingerprint density at radius 1 is 0.972 bits per heavy atom. The maximum atomic E-state index is 10.6. The highest BCUT2D eigenvalue weighted by molar-refractivity contribution is 9.10. The van der Waals surface area contributed by atoms with E-state index in [1.54, 1.807) is 6.21 Å². The summed E-state index contributed by atoms with van der Waals surface area (Å²) >= 11 is 3.48. The van der Waals surface area contributed by atoms with Crippen molar-refractivity contribution in [1.29, 1.82) is 0 Å². The van der Waals surface area contributed by atoms with Crippen LogP contribution in [-0.4, -0.2) is 16.3 Å². The molecule has 1 aromatic heterocycles. The minimum atomic E-state index is 0.169. The van der Waals surface area contributed by atoms with Crippen molar-refractivity contribution in [1.82, 2.24) is 4.98 Å². The normalized spacial score (nSPS) is 12.4. The molecule has 36 heavy (non-hydrogen) atoms. The van der Waals surface area contributed by atoms with Crippen LogP contribution >= 0.6 is 15.9 Å². The van der Waals surface area contributed by atoms with Crippen LogP contribution in [0.2, 0.25) is 0 Å². The van der Waals surface area contributed by atoms with Crippen LogP contribution in [0.1, 0.15) is 48.4 Å².